The number of amides is 2. The van der Waals surface area contributed by atoms with Crippen LogP contribution in [0.2, 0.25) is 0 Å². The van der Waals surface area contributed by atoms with Crippen molar-refractivity contribution in [3.63, 3.8) is 0 Å². The average Bonchev–Trinajstić information content (AvgIpc) is 3.12. The van der Waals surface area contributed by atoms with Crippen LogP contribution in [0, 0.1) is 0 Å². The van der Waals surface area contributed by atoms with Crippen LogP contribution >= 0.6 is 0 Å². The van der Waals surface area contributed by atoms with Gasteiger partial charge in [0.1, 0.15) is 0 Å². The third kappa shape index (κ3) is 4.45. The third-order valence-electron chi connectivity index (χ3n) is 4.55. The van der Waals surface area contributed by atoms with E-state index in [2.05, 4.69) is 41.8 Å². The number of nitrogens with one attached hydrogen (secondary N) is 2. The molecule has 2 N–H and O–H groups in total. The molecule has 1 heterocycles. The number of carbonyl (C=O) groups excluding carboxylic acids is 1. The Labute approximate surface area is 137 Å². The highest BCUT2D eigenvalue weighted by Crippen LogP contribution is 2.29. The van der Waals surface area contributed by atoms with Crippen molar-refractivity contribution in [1.82, 2.24) is 10.6 Å². The number of hydrogen-bond acceptors (Lipinski definition) is 3. The van der Waals surface area contributed by atoms with Gasteiger partial charge in [0, 0.05) is 18.7 Å². The van der Waals surface area contributed by atoms with Crippen LogP contribution in [0.25, 0.3) is 0 Å². The molecule has 0 spiro atoms. The Morgan fingerprint density at radius 3 is 2.74 bits per heavy atom. The van der Waals surface area contributed by atoms with E-state index in [9.17, 15) is 4.79 Å². The van der Waals surface area contributed by atoms with Gasteiger partial charge in [-0.2, -0.15) is 0 Å². The van der Waals surface area contributed by atoms with E-state index in [0.29, 0.717) is 19.8 Å². The van der Waals surface area contributed by atoms with E-state index in [1.54, 1.807) is 0 Å². The molecular formula is C18H26N2O3. The molecule has 0 radical (unpaired) electrons. The molecule has 0 bridgehead atoms. The molecule has 5 nitrogen and oxygen atoms in total. The predicted molar refractivity (Wildman–Crippen MR) is 88.6 cm³/mol. The lowest BCUT2D eigenvalue weighted by molar-refractivity contribution is 0.0188. The minimum absolute atomic E-state index is 0.124. The summed E-state index contributed by atoms with van der Waals surface area (Å²) in [5.74, 6) is 0. The van der Waals surface area contributed by atoms with Gasteiger partial charge >= 0.3 is 6.03 Å². The molecule has 3 rings (SSSR count). The molecule has 1 saturated heterocycles. The monoisotopic (exact) mass is 318 g/mol. The summed E-state index contributed by atoms with van der Waals surface area (Å²) in [6.45, 7) is 4.60. The molecule has 2 amide bonds. The highest BCUT2D eigenvalue weighted by Gasteiger charge is 2.33. The fraction of sp³-hybridized carbons (Fsp3) is 0.611. The maximum atomic E-state index is 12.1. The largest absolute Gasteiger partial charge is 0.377 e. The predicted octanol–water partition coefficient (Wildman–Crippen LogP) is 2.04. The SMILES string of the molecule is CC1(NC(=O)NCCOC[C@@H]2CCCO2)Cc2ccccc2C1. The lowest BCUT2D eigenvalue weighted by atomic mass is 9.99. The lowest BCUT2D eigenvalue weighted by Gasteiger charge is -2.25. The van der Waals surface area contributed by atoms with Gasteiger partial charge < -0.3 is 20.1 Å². The molecule has 1 fully saturated rings. The van der Waals surface area contributed by atoms with E-state index in [-0.39, 0.29) is 17.7 Å². The van der Waals surface area contributed by atoms with Gasteiger partial charge in [0.25, 0.3) is 0 Å². The summed E-state index contributed by atoms with van der Waals surface area (Å²) in [6, 6.07) is 8.26. The van der Waals surface area contributed by atoms with Crippen LogP contribution in [0.4, 0.5) is 4.79 Å². The van der Waals surface area contributed by atoms with Gasteiger partial charge in [-0.1, -0.05) is 24.3 Å². The Bertz CT molecular complexity index is 516. The molecule has 0 aromatic heterocycles. The van der Waals surface area contributed by atoms with Crippen LogP contribution in [0.15, 0.2) is 24.3 Å². The summed E-state index contributed by atoms with van der Waals surface area (Å²) < 4.78 is 11.0. The Morgan fingerprint density at radius 2 is 2.09 bits per heavy atom. The Hall–Kier alpha value is -1.59. The van der Waals surface area contributed by atoms with Gasteiger partial charge in [-0.05, 0) is 43.7 Å². The first-order valence-corrected chi connectivity index (χ1v) is 8.47. The number of fused-ring (bicyclic) bond motifs is 1. The van der Waals surface area contributed by atoms with Crippen molar-refractivity contribution < 1.29 is 14.3 Å². The number of hydrogen-bond donors (Lipinski definition) is 2. The molecule has 5 heteroatoms. The molecule has 1 atom stereocenters. The highest BCUT2D eigenvalue weighted by molar-refractivity contribution is 5.75. The van der Waals surface area contributed by atoms with Crippen LogP contribution in [0.5, 0.6) is 0 Å². The summed E-state index contributed by atoms with van der Waals surface area (Å²) in [6.07, 6.45) is 4.19. The standard InChI is InChI=1S/C18H26N2O3/c1-18(11-14-5-2-3-6-15(14)12-18)20-17(21)19-8-10-22-13-16-7-4-9-23-16/h2-3,5-6,16H,4,7-13H2,1H3,(H2,19,20,21)/t16-/m0/s1. The molecule has 0 unspecified atom stereocenters. The van der Waals surface area contributed by atoms with Gasteiger partial charge in [-0.15, -0.1) is 0 Å². The number of carbonyl (C=O) groups is 1. The first-order valence-electron chi connectivity index (χ1n) is 8.47. The number of benzene rings is 1. The second kappa shape index (κ2) is 7.32. The molecule has 1 aliphatic carbocycles. The van der Waals surface area contributed by atoms with E-state index in [1.165, 1.54) is 11.1 Å². The molecule has 23 heavy (non-hydrogen) atoms. The number of rotatable bonds is 6. The molecule has 126 valence electrons. The van der Waals surface area contributed by atoms with E-state index in [0.717, 1.165) is 32.3 Å². The van der Waals surface area contributed by atoms with Gasteiger partial charge in [-0.25, -0.2) is 4.79 Å². The Kier molecular flexibility index (Phi) is 5.18. The fourth-order valence-electron chi connectivity index (χ4n) is 3.44. The summed E-state index contributed by atoms with van der Waals surface area (Å²) in [7, 11) is 0. The second-order valence-corrected chi connectivity index (χ2v) is 6.77. The number of ether oxygens (including phenoxy) is 2. The Morgan fingerprint density at radius 1 is 1.35 bits per heavy atom. The molecule has 0 saturated carbocycles. The van der Waals surface area contributed by atoms with Crippen LogP contribution < -0.4 is 10.6 Å². The van der Waals surface area contributed by atoms with Crippen molar-refractivity contribution in [3.05, 3.63) is 35.4 Å². The van der Waals surface area contributed by atoms with Crippen molar-refractivity contribution >= 4 is 6.03 Å². The molecule has 2 aliphatic rings. The van der Waals surface area contributed by atoms with Crippen LogP contribution in [-0.2, 0) is 22.3 Å². The van der Waals surface area contributed by atoms with Crippen molar-refractivity contribution in [2.45, 2.75) is 44.2 Å². The smallest absolute Gasteiger partial charge is 0.315 e. The first kappa shape index (κ1) is 16.3. The van der Waals surface area contributed by atoms with Crippen molar-refractivity contribution in [2.75, 3.05) is 26.4 Å². The maximum Gasteiger partial charge on any atom is 0.315 e. The number of urea groups is 1. The van der Waals surface area contributed by atoms with Gasteiger partial charge in [-0.3, -0.25) is 0 Å². The molecular weight excluding hydrogens is 292 g/mol. The maximum absolute atomic E-state index is 12.1. The van der Waals surface area contributed by atoms with Crippen LogP contribution in [-0.4, -0.2) is 44.0 Å². The van der Waals surface area contributed by atoms with Crippen molar-refractivity contribution in [2.24, 2.45) is 0 Å². The van der Waals surface area contributed by atoms with Gasteiger partial charge in [0.15, 0.2) is 0 Å². The first-order chi connectivity index (χ1) is 11.1. The normalized spacial score (nSPS) is 21.9. The van der Waals surface area contributed by atoms with Crippen molar-refractivity contribution in [3.8, 4) is 0 Å². The summed E-state index contributed by atoms with van der Waals surface area (Å²) >= 11 is 0. The van der Waals surface area contributed by atoms with E-state index in [1.807, 2.05) is 0 Å². The quantitative estimate of drug-likeness (QED) is 0.789. The summed E-state index contributed by atoms with van der Waals surface area (Å²) in [4.78, 5) is 12.1. The van der Waals surface area contributed by atoms with Crippen LogP contribution in [0.3, 0.4) is 0 Å². The van der Waals surface area contributed by atoms with Crippen molar-refractivity contribution in [1.29, 1.82) is 0 Å². The second-order valence-electron chi connectivity index (χ2n) is 6.77. The summed E-state index contributed by atoms with van der Waals surface area (Å²) in [5, 5.41) is 5.97. The van der Waals surface area contributed by atoms with Gasteiger partial charge in [0.2, 0.25) is 0 Å². The third-order valence-corrected chi connectivity index (χ3v) is 4.55. The fourth-order valence-corrected chi connectivity index (χ4v) is 3.44. The molecule has 1 aromatic rings. The Balaban J connectivity index is 1.33. The summed E-state index contributed by atoms with van der Waals surface area (Å²) in [5.41, 5.74) is 2.46. The highest BCUT2D eigenvalue weighted by atomic mass is 16.5. The zero-order chi connectivity index (χ0) is 16.1. The zero-order valence-electron chi connectivity index (χ0n) is 13.8. The minimum atomic E-state index is -0.202. The van der Waals surface area contributed by atoms with E-state index < -0.39 is 0 Å². The zero-order valence-corrected chi connectivity index (χ0v) is 13.8. The average molecular weight is 318 g/mol. The lowest BCUT2D eigenvalue weighted by Crippen LogP contribution is -2.51. The minimum Gasteiger partial charge on any atom is -0.377 e. The topological polar surface area (TPSA) is 59.6 Å². The van der Waals surface area contributed by atoms with E-state index >= 15 is 0 Å². The van der Waals surface area contributed by atoms with E-state index in [4.69, 9.17) is 9.47 Å². The van der Waals surface area contributed by atoms with Gasteiger partial charge in [0.05, 0.1) is 19.3 Å². The molecule has 1 aromatic carbocycles. The molecule has 1 aliphatic heterocycles. The van der Waals surface area contributed by atoms with Crippen LogP contribution in [0.1, 0.15) is 30.9 Å².